The summed E-state index contributed by atoms with van der Waals surface area (Å²) in [5.41, 5.74) is 1.38. The number of carbonyl (C=O) groups is 3. The predicted molar refractivity (Wildman–Crippen MR) is 102 cm³/mol. The number of benzene rings is 1. The highest BCUT2D eigenvalue weighted by Gasteiger charge is 2.14. The molecule has 0 unspecified atom stereocenters. The van der Waals surface area contributed by atoms with Gasteiger partial charge in [-0.2, -0.15) is 5.26 Å². The van der Waals surface area contributed by atoms with E-state index in [9.17, 15) is 14.4 Å². The SMILES string of the molecule is CCCCNC(=O)NC(=O)COC(=O)/C(C#N)=C/c1ccc(N(C)C)cc1. The molecule has 8 heteroatoms. The van der Waals surface area contributed by atoms with Crippen LogP contribution < -0.4 is 15.5 Å². The molecule has 1 rings (SSSR count). The van der Waals surface area contributed by atoms with Gasteiger partial charge in [0.25, 0.3) is 5.91 Å². The Kier molecular flexibility index (Phi) is 9.09. The zero-order chi connectivity index (χ0) is 20.2. The van der Waals surface area contributed by atoms with Crippen LogP contribution in [0.5, 0.6) is 0 Å². The Morgan fingerprint density at radius 3 is 2.44 bits per heavy atom. The smallest absolute Gasteiger partial charge is 0.349 e. The van der Waals surface area contributed by atoms with E-state index >= 15 is 0 Å². The summed E-state index contributed by atoms with van der Waals surface area (Å²) in [6.45, 7) is 1.77. The monoisotopic (exact) mass is 372 g/mol. The van der Waals surface area contributed by atoms with Gasteiger partial charge in [-0.05, 0) is 30.2 Å². The number of nitrogens with one attached hydrogen (secondary N) is 2. The molecule has 0 saturated heterocycles. The second-order valence-electron chi connectivity index (χ2n) is 5.89. The van der Waals surface area contributed by atoms with Crippen molar-refractivity contribution in [3.63, 3.8) is 0 Å². The lowest BCUT2D eigenvalue weighted by Gasteiger charge is -2.11. The topological polar surface area (TPSA) is 112 Å². The zero-order valence-electron chi connectivity index (χ0n) is 15.7. The molecular formula is C19H24N4O4. The fraction of sp³-hybridized carbons (Fsp3) is 0.368. The number of hydrogen-bond donors (Lipinski definition) is 2. The molecule has 0 spiro atoms. The lowest BCUT2D eigenvalue weighted by Crippen LogP contribution is -2.41. The van der Waals surface area contributed by atoms with Crippen molar-refractivity contribution < 1.29 is 19.1 Å². The third kappa shape index (κ3) is 8.05. The molecule has 2 N–H and O–H groups in total. The van der Waals surface area contributed by atoms with E-state index < -0.39 is 24.5 Å². The number of urea groups is 1. The molecule has 0 saturated carbocycles. The minimum atomic E-state index is -0.935. The van der Waals surface area contributed by atoms with E-state index in [-0.39, 0.29) is 5.57 Å². The van der Waals surface area contributed by atoms with Crippen molar-refractivity contribution in [3.8, 4) is 6.07 Å². The third-order valence-corrected chi connectivity index (χ3v) is 3.46. The number of hydrogen-bond acceptors (Lipinski definition) is 6. The van der Waals surface area contributed by atoms with Crippen molar-refractivity contribution in [1.82, 2.24) is 10.6 Å². The van der Waals surface area contributed by atoms with Crippen LogP contribution in [-0.4, -0.2) is 45.2 Å². The molecule has 27 heavy (non-hydrogen) atoms. The number of rotatable bonds is 8. The standard InChI is InChI=1S/C19H24N4O4/c1-4-5-10-21-19(26)22-17(24)13-27-18(25)15(12-20)11-14-6-8-16(9-7-14)23(2)3/h6-9,11H,4-5,10,13H2,1-3H3,(H2,21,22,24,26)/b15-11+. The Hall–Kier alpha value is -3.34. The fourth-order valence-electron chi connectivity index (χ4n) is 1.97. The average molecular weight is 372 g/mol. The Balaban J connectivity index is 2.57. The molecule has 0 heterocycles. The van der Waals surface area contributed by atoms with Gasteiger partial charge in [-0.1, -0.05) is 25.5 Å². The van der Waals surface area contributed by atoms with Crippen molar-refractivity contribution >= 4 is 29.7 Å². The van der Waals surface area contributed by atoms with Crippen LogP contribution >= 0.6 is 0 Å². The first-order valence-corrected chi connectivity index (χ1v) is 8.51. The van der Waals surface area contributed by atoms with Gasteiger partial charge in [-0.15, -0.1) is 0 Å². The average Bonchev–Trinajstić information content (AvgIpc) is 2.64. The van der Waals surface area contributed by atoms with E-state index in [4.69, 9.17) is 10.00 Å². The number of carbonyl (C=O) groups excluding carboxylic acids is 3. The normalized spacial score (nSPS) is 10.5. The van der Waals surface area contributed by atoms with Crippen molar-refractivity contribution in [2.75, 3.05) is 32.1 Å². The van der Waals surface area contributed by atoms with Gasteiger partial charge in [0.2, 0.25) is 0 Å². The maximum atomic E-state index is 12.0. The van der Waals surface area contributed by atoms with Crippen LogP contribution in [-0.2, 0) is 14.3 Å². The summed E-state index contributed by atoms with van der Waals surface area (Å²) >= 11 is 0. The number of anilines is 1. The van der Waals surface area contributed by atoms with Gasteiger partial charge < -0.3 is 15.0 Å². The lowest BCUT2D eigenvalue weighted by molar-refractivity contribution is -0.144. The number of nitriles is 1. The van der Waals surface area contributed by atoms with Gasteiger partial charge in [-0.25, -0.2) is 9.59 Å². The number of unbranched alkanes of at least 4 members (excludes halogenated alkanes) is 1. The highest BCUT2D eigenvalue weighted by atomic mass is 16.5. The van der Waals surface area contributed by atoms with Gasteiger partial charge in [0.1, 0.15) is 11.6 Å². The van der Waals surface area contributed by atoms with Crippen LogP contribution in [0.4, 0.5) is 10.5 Å². The molecule has 144 valence electrons. The molecule has 0 fully saturated rings. The molecule has 1 aromatic rings. The minimum Gasteiger partial charge on any atom is -0.451 e. The summed E-state index contributed by atoms with van der Waals surface area (Å²) in [5, 5.41) is 13.7. The number of imide groups is 1. The van der Waals surface area contributed by atoms with E-state index in [1.807, 2.05) is 43.4 Å². The minimum absolute atomic E-state index is 0.243. The predicted octanol–water partition coefficient (Wildman–Crippen LogP) is 1.83. The molecule has 0 aliphatic rings. The van der Waals surface area contributed by atoms with E-state index in [0.29, 0.717) is 12.1 Å². The molecule has 1 aromatic carbocycles. The first-order chi connectivity index (χ1) is 12.9. The highest BCUT2D eigenvalue weighted by molar-refractivity contribution is 6.00. The van der Waals surface area contributed by atoms with Gasteiger partial charge in [0.15, 0.2) is 6.61 Å². The van der Waals surface area contributed by atoms with Crippen molar-refractivity contribution in [2.45, 2.75) is 19.8 Å². The Morgan fingerprint density at radius 2 is 1.89 bits per heavy atom. The highest BCUT2D eigenvalue weighted by Crippen LogP contribution is 2.15. The summed E-state index contributed by atoms with van der Waals surface area (Å²) in [6, 6.07) is 8.30. The first kappa shape index (κ1) is 21.7. The van der Waals surface area contributed by atoms with Crippen molar-refractivity contribution in [2.24, 2.45) is 0 Å². The number of amides is 3. The molecule has 3 amide bonds. The lowest BCUT2D eigenvalue weighted by atomic mass is 10.1. The molecule has 0 aliphatic heterocycles. The van der Waals surface area contributed by atoms with Crippen molar-refractivity contribution in [3.05, 3.63) is 35.4 Å². The molecule has 0 atom stereocenters. The maximum absolute atomic E-state index is 12.0. The quantitative estimate of drug-likeness (QED) is 0.312. The molecule has 0 radical (unpaired) electrons. The van der Waals surface area contributed by atoms with Crippen LogP contribution in [0.25, 0.3) is 6.08 Å². The van der Waals surface area contributed by atoms with E-state index in [0.717, 1.165) is 18.5 Å². The van der Waals surface area contributed by atoms with Crippen LogP contribution in [0.1, 0.15) is 25.3 Å². The summed E-state index contributed by atoms with van der Waals surface area (Å²) in [6.07, 6.45) is 3.08. The summed E-state index contributed by atoms with van der Waals surface area (Å²) < 4.78 is 4.79. The Bertz CT molecular complexity index is 733. The second kappa shape index (κ2) is 11.3. The molecule has 0 aromatic heterocycles. The summed E-state index contributed by atoms with van der Waals surface area (Å²) in [4.78, 5) is 36.9. The first-order valence-electron chi connectivity index (χ1n) is 8.51. The molecule has 0 bridgehead atoms. The molecule has 0 aliphatic carbocycles. The van der Waals surface area contributed by atoms with Gasteiger partial charge >= 0.3 is 12.0 Å². The van der Waals surface area contributed by atoms with Gasteiger partial charge in [-0.3, -0.25) is 10.1 Å². The summed E-state index contributed by atoms with van der Waals surface area (Å²) in [7, 11) is 3.80. The van der Waals surface area contributed by atoms with Crippen LogP contribution in [0.2, 0.25) is 0 Å². The van der Waals surface area contributed by atoms with E-state index in [1.165, 1.54) is 6.08 Å². The third-order valence-electron chi connectivity index (χ3n) is 3.46. The Labute approximate surface area is 158 Å². The molecular weight excluding hydrogens is 348 g/mol. The Morgan fingerprint density at radius 1 is 1.22 bits per heavy atom. The van der Waals surface area contributed by atoms with Crippen LogP contribution in [0.15, 0.2) is 29.8 Å². The van der Waals surface area contributed by atoms with E-state index in [1.54, 1.807) is 18.2 Å². The number of nitrogens with zero attached hydrogens (tertiary/aromatic N) is 2. The summed E-state index contributed by atoms with van der Waals surface area (Å²) in [5.74, 6) is -1.71. The largest absolute Gasteiger partial charge is 0.451 e. The van der Waals surface area contributed by atoms with Crippen LogP contribution in [0, 0.1) is 11.3 Å². The van der Waals surface area contributed by atoms with Gasteiger partial charge in [0.05, 0.1) is 0 Å². The number of esters is 1. The van der Waals surface area contributed by atoms with Crippen LogP contribution in [0.3, 0.4) is 0 Å². The molecule has 8 nitrogen and oxygen atoms in total. The fourth-order valence-corrected chi connectivity index (χ4v) is 1.97. The van der Waals surface area contributed by atoms with Crippen molar-refractivity contribution in [1.29, 1.82) is 5.26 Å². The number of ether oxygens (including phenoxy) is 1. The maximum Gasteiger partial charge on any atom is 0.349 e. The van der Waals surface area contributed by atoms with Gasteiger partial charge in [0, 0.05) is 26.3 Å². The zero-order valence-corrected chi connectivity index (χ0v) is 15.7. The van der Waals surface area contributed by atoms with E-state index in [2.05, 4.69) is 5.32 Å². The second-order valence-corrected chi connectivity index (χ2v) is 5.89.